The van der Waals surface area contributed by atoms with E-state index in [2.05, 4.69) is 28.2 Å². The van der Waals surface area contributed by atoms with Gasteiger partial charge in [-0.1, -0.05) is 61.2 Å². The molecule has 0 saturated heterocycles. The number of carbonyl (C=O) groups excluding carboxylic acids is 1. The van der Waals surface area contributed by atoms with Gasteiger partial charge in [-0.15, -0.1) is 0 Å². The molecule has 1 amide bonds. The number of pyridine rings is 1. The molecule has 1 aromatic heterocycles. The minimum absolute atomic E-state index is 0.324. The highest BCUT2D eigenvalue weighted by molar-refractivity contribution is 7.96. The van der Waals surface area contributed by atoms with Crippen LogP contribution in [0.3, 0.4) is 0 Å². The third kappa shape index (κ3) is 3.33. The number of nitrogens with one attached hydrogen (secondary N) is 2. The van der Waals surface area contributed by atoms with E-state index in [4.69, 9.17) is 5.73 Å². The molecule has 4 aromatic rings. The van der Waals surface area contributed by atoms with Crippen molar-refractivity contribution < 1.29 is 9.90 Å². The van der Waals surface area contributed by atoms with Crippen LogP contribution in [-0.2, 0) is 0 Å². The van der Waals surface area contributed by atoms with Crippen molar-refractivity contribution in [1.82, 2.24) is 4.98 Å². The summed E-state index contributed by atoms with van der Waals surface area (Å²) in [6.45, 7) is 0. The Hall–Kier alpha value is -3.29. The molecule has 0 aliphatic heterocycles. The van der Waals surface area contributed by atoms with Gasteiger partial charge in [-0.25, -0.2) is 4.98 Å². The van der Waals surface area contributed by atoms with Crippen molar-refractivity contribution in [1.29, 1.82) is 0 Å². The Morgan fingerprint density at radius 3 is 2.14 bits per heavy atom. The summed E-state index contributed by atoms with van der Waals surface area (Å²) in [5, 5.41) is 17.9. The number of nitrogens with two attached hydrogens (primary N) is 1. The first-order chi connectivity index (χ1) is 13.5. The third-order valence-electron chi connectivity index (χ3n) is 4.52. The van der Waals surface area contributed by atoms with Crippen molar-refractivity contribution in [2.45, 2.75) is 6.23 Å². The van der Waals surface area contributed by atoms with Gasteiger partial charge in [0.05, 0.1) is 28.1 Å². The lowest BCUT2D eigenvalue weighted by molar-refractivity contribution is 0.209. The first kappa shape index (κ1) is 18.1. The minimum Gasteiger partial charge on any atom is -0.397 e. The number of anilines is 3. The molecule has 1 unspecified atom stereocenters. The smallest absolute Gasteiger partial charge is 0.280 e. The maximum atomic E-state index is 11.4. The Morgan fingerprint density at radius 1 is 0.929 bits per heavy atom. The van der Waals surface area contributed by atoms with E-state index in [1.807, 2.05) is 48.5 Å². The molecule has 0 aliphatic carbocycles. The summed E-state index contributed by atoms with van der Waals surface area (Å²) in [7, 11) is 0. The average Bonchev–Trinajstić information content (AvgIpc) is 2.69. The fraction of sp³-hybridized carbons (Fsp3) is 0.0476. The largest absolute Gasteiger partial charge is 0.397 e. The van der Waals surface area contributed by atoms with E-state index < -0.39 is 11.5 Å². The summed E-state index contributed by atoms with van der Waals surface area (Å²) in [4.78, 5) is 16.1. The molecule has 0 radical (unpaired) electrons. The Kier molecular flexibility index (Phi) is 4.77. The summed E-state index contributed by atoms with van der Waals surface area (Å²) in [5.74, 6) is 0. The van der Waals surface area contributed by atoms with E-state index >= 15 is 0 Å². The van der Waals surface area contributed by atoms with Crippen LogP contribution in [0.2, 0.25) is 0 Å². The number of aliphatic hydroxyl groups is 1. The van der Waals surface area contributed by atoms with Gasteiger partial charge in [0.15, 0.2) is 6.23 Å². The summed E-state index contributed by atoms with van der Waals surface area (Å²) in [6.07, 6.45) is -1.12. The zero-order chi connectivity index (χ0) is 19.7. The van der Waals surface area contributed by atoms with E-state index in [-0.39, 0.29) is 0 Å². The van der Waals surface area contributed by atoms with Crippen molar-refractivity contribution in [3.8, 4) is 0 Å². The first-order valence-electron chi connectivity index (χ1n) is 8.65. The molecule has 0 saturated carbocycles. The van der Waals surface area contributed by atoms with Gasteiger partial charge in [-0.2, -0.15) is 0 Å². The number of fused-ring (bicyclic) bond motifs is 2. The topological polar surface area (TPSA) is 100 Å². The number of aliphatic hydroxyl groups excluding tert-OH is 1. The van der Waals surface area contributed by atoms with Gasteiger partial charge in [-0.3, -0.25) is 4.79 Å². The monoisotopic (exact) mass is 390 g/mol. The van der Waals surface area contributed by atoms with Crippen LogP contribution in [0.4, 0.5) is 21.9 Å². The number of rotatable bonds is 4. The van der Waals surface area contributed by atoms with E-state index in [1.54, 1.807) is 18.2 Å². The van der Waals surface area contributed by atoms with Crippen LogP contribution in [-0.4, -0.2) is 15.3 Å². The van der Waals surface area contributed by atoms with E-state index in [9.17, 15) is 9.90 Å². The molecule has 28 heavy (non-hydrogen) atoms. The lowest BCUT2D eigenvalue weighted by atomic mass is 10.1. The second-order valence-electron chi connectivity index (χ2n) is 6.31. The summed E-state index contributed by atoms with van der Waals surface area (Å²) < 4.78 is 0. The normalized spacial score (nSPS) is 12.1. The molecule has 1 heterocycles. The maximum absolute atomic E-state index is 11.4. The van der Waals surface area contributed by atoms with Crippen LogP contribution >= 0.6 is 12.6 Å². The fourth-order valence-electron chi connectivity index (χ4n) is 3.28. The SMILES string of the molecule is Nc1cccc(C(O)Nc2c3ccccc3nc3ccccc23)c1NC(=O)S. The molecule has 0 fully saturated rings. The predicted octanol–water partition coefficient (Wildman–Crippen LogP) is 4.53. The number of nitrogen functional groups attached to an aromatic ring is 1. The Morgan fingerprint density at radius 2 is 1.54 bits per heavy atom. The number of aromatic nitrogens is 1. The second-order valence-corrected chi connectivity index (χ2v) is 6.72. The van der Waals surface area contributed by atoms with Gasteiger partial charge in [0.2, 0.25) is 0 Å². The zero-order valence-electron chi connectivity index (χ0n) is 14.8. The van der Waals surface area contributed by atoms with Crippen LogP contribution in [0, 0.1) is 0 Å². The van der Waals surface area contributed by atoms with Gasteiger partial charge in [0, 0.05) is 16.3 Å². The van der Waals surface area contributed by atoms with Gasteiger partial charge >= 0.3 is 0 Å². The van der Waals surface area contributed by atoms with E-state index in [1.165, 1.54) is 0 Å². The Labute approximate surface area is 166 Å². The summed E-state index contributed by atoms with van der Waals surface area (Å²) in [5.41, 5.74) is 9.46. The van der Waals surface area contributed by atoms with Crippen molar-refractivity contribution >= 4 is 56.7 Å². The standard InChI is InChI=1S/C21H18N4O2S/c22-15-9-5-8-14(19(15)25-21(27)28)20(26)24-18-12-6-1-3-10-16(12)23-17-11-4-2-7-13(17)18/h1-11,20,26H,22H2,(H,23,24)(H2,25,27,28). The molecule has 4 rings (SSSR count). The molecule has 5 N–H and O–H groups in total. The number of amides is 1. The molecule has 6 nitrogen and oxygen atoms in total. The number of benzene rings is 3. The highest BCUT2D eigenvalue weighted by Gasteiger charge is 2.18. The van der Waals surface area contributed by atoms with Crippen LogP contribution in [0.15, 0.2) is 66.7 Å². The number of thiol groups is 1. The fourth-order valence-corrected chi connectivity index (χ4v) is 3.39. The number of nitrogens with zero attached hydrogens (tertiary/aromatic N) is 1. The van der Waals surface area contributed by atoms with E-state index in [0.29, 0.717) is 16.9 Å². The van der Waals surface area contributed by atoms with Crippen molar-refractivity contribution in [2.24, 2.45) is 0 Å². The van der Waals surface area contributed by atoms with Crippen LogP contribution in [0.25, 0.3) is 21.8 Å². The van der Waals surface area contributed by atoms with Crippen LogP contribution < -0.4 is 16.4 Å². The lowest BCUT2D eigenvalue weighted by Crippen LogP contribution is -2.15. The van der Waals surface area contributed by atoms with Gasteiger partial charge in [-0.05, 0) is 18.2 Å². The molecule has 0 bridgehead atoms. The molecular weight excluding hydrogens is 372 g/mol. The molecule has 140 valence electrons. The molecular formula is C21H18N4O2S. The van der Waals surface area contributed by atoms with E-state index in [0.717, 1.165) is 27.5 Å². The van der Waals surface area contributed by atoms with Crippen LogP contribution in [0.1, 0.15) is 11.8 Å². The minimum atomic E-state index is -1.12. The third-order valence-corrected chi connectivity index (χ3v) is 4.64. The highest BCUT2D eigenvalue weighted by atomic mass is 32.1. The van der Waals surface area contributed by atoms with Crippen molar-refractivity contribution in [3.63, 3.8) is 0 Å². The second kappa shape index (κ2) is 7.38. The van der Waals surface area contributed by atoms with Crippen molar-refractivity contribution in [2.75, 3.05) is 16.4 Å². The molecule has 1 atom stereocenters. The number of hydrogen-bond donors (Lipinski definition) is 5. The zero-order valence-corrected chi connectivity index (χ0v) is 15.6. The summed E-state index contributed by atoms with van der Waals surface area (Å²) >= 11 is 3.75. The number of carbonyl (C=O) groups is 1. The average molecular weight is 390 g/mol. The molecule has 7 heteroatoms. The predicted molar refractivity (Wildman–Crippen MR) is 117 cm³/mol. The molecule has 3 aromatic carbocycles. The quantitative estimate of drug-likeness (QED) is 0.152. The Bertz CT molecular complexity index is 1140. The molecule has 0 aliphatic rings. The lowest BCUT2D eigenvalue weighted by Gasteiger charge is -2.21. The number of para-hydroxylation sites is 3. The van der Waals surface area contributed by atoms with Gasteiger partial charge in [0.25, 0.3) is 5.24 Å². The first-order valence-corrected chi connectivity index (χ1v) is 9.10. The summed E-state index contributed by atoms with van der Waals surface area (Å²) in [6, 6.07) is 20.5. The number of hydrogen-bond acceptors (Lipinski definition) is 5. The van der Waals surface area contributed by atoms with Crippen LogP contribution in [0.5, 0.6) is 0 Å². The molecule has 0 spiro atoms. The maximum Gasteiger partial charge on any atom is 0.280 e. The Balaban J connectivity index is 1.84. The van der Waals surface area contributed by atoms with Crippen molar-refractivity contribution in [3.05, 3.63) is 72.3 Å². The van der Waals surface area contributed by atoms with Gasteiger partial charge in [0.1, 0.15) is 0 Å². The highest BCUT2D eigenvalue weighted by Crippen LogP contribution is 2.35. The van der Waals surface area contributed by atoms with Gasteiger partial charge < -0.3 is 21.5 Å².